The van der Waals surface area contributed by atoms with Gasteiger partial charge in [0.25, 0.3) is 0 Å². The molecule has 0 aliphatic carbocycles. The average Bonchev–Trinajstić information content (AvgIpc) is 2.78. The van der Waals surface area contributed by atoms with E-state index in [9.17, 15) is 19.2 Å². The molecule has 0 aliphatic rings. The maximum absolute atomic E-state index is 12.8. The molecular formula is C21H29BN2O7S. The van der Waals surface area contributed by atoms with E-state index in [0.29, 0.717) is 26.4 Å². The standard InChI is InChI=1S/C21H29BN2O7S/c22-23-7-9-31-11-10-30-8-6-19(26)24-17(12-15-4-2-1-3-5-15)18(25)13-16(14-32)20(27)21(28)29/h1-5,16-17,23,32H,6-14H2,(H,24,26)(H,28,29). The lowest BCUT2D eigenvalue weighted by Crippen LogP contribution is -2.44. The van der Waals surface area contributed by atoms with Crippen molar-refractivity contribution < 1.29 is 33.8 Å². The second-order valence-corrected chi connectivity index (χ2v) is 7.32. The molecular weight excluding hydrogens is 435 g/mol. The molecule has 11 heteroatoms. The Balaban J connectivity index is 2.61. The van der Waals surface area contributed by atoms with Crippen molar-refractivity contribution in [1.29, 1.82) is 0 Å². The van der Waals surface area contributed by atoms with Crippen LogP contribution in [0.15, 0.2) is 30.3 Å². The zero-order valence-corrected chi connectivity index (χ0v) is 18.7. The molecule has 0 bridgehead atoms. The number of aliphatic carboxylic acids is 1. The van der Waals surface area contributed by atoms with Crippen LogP contribution in [0.2, 0.25) is 0 Å². The first kappa shape index (κ1) is 27.8. The summed E-state index contributed by atoms with van der Waals surface area (Å²) in [6, 6.07) is 8.17. The zero-order valence-electron chi connectivity index (χ0n) is 17.8. The predicted molar refractivity (Wildman–Crippen MR) is 122 cm³/mol. The van der Waals surface area contributed by atoms with Gasteiger partial charge in [0.05, 0.1) is 32.5 Å². The minimum atomic E-state index is -1.61. The zero-order chi connectivity index (χ0) is 23.8. The highest BCUT2D eigenvalue weighted by molar-refractivity contribution is 7.80. The lowest BCUT2D eigenvalue weighted by atomic mass is 9.93. The summed E-state index contributed by atoms with van der Waals surface area (Å²) in [6.07, 6.45) is -0.0687. The van der Waals surface area contributed by atoms with Crippen LogP contribution in [0.4, 0.5) is 0 Å². The second kappa shape index (κ2) is 16.4. The van der Waals surface area contributed by atoms with Gasteiger partial charge in [0.15, 0.2) is 13.8 Å². The third-order valence-electron chi connectivity index (χ3n) is 4.49. The number of rotatable bonds is 18. The number of thiol groups is 1. The van der Waals surface area contributed by atoms with Crippen LogP contribution in [0, 0.1) is 5.92 Å². The predicted octanol–water partition coefficient (Wildman–Crippen LogP) is -0.0308. The van der Waals surface area contributed by atoms with E-state index in [-0.39, 0.29) is 37.5 Å². The fourth-order valence-corrected chi connectivity index (χ4v) is 3.07. The first-order valence-electron chi connectivity index (χ1n) is 10.2. The average molecular weight is 464 g/mol. The van der Waals surface area contributed by atoms with Gasteiger partial charge in [0.1, 0.15) is 0 Å². The molecule has 0 heterocycles. The van der Waals surface area contributed by atoms with Crippen LogP contribution >= 0.6 is 12.6 Å². The van der Waals surface area contributed by atoms with Crippen molar-refractivity contribution in [2.75, 3.05) is 38.7 Å². The second-order valence-electron chi connectivity index (χ2n) is 6.96. The smallest absolute Gasteiger partial charge is 0.372 e. The molecule has 1 aromatic carbocycles. The van der Waals surface area contributed by atoms with Crippen LogP contribution in [0.25, 0.3) is 0 Å². The fraction of sp³-hybridized carbons (Fsp3) is 0.524. The molecule has 0 aliphatic heterocycles. The van der Waals surface area contributed by atoms with E-state index in [1.807, 2.05) is 30.3 Å². The van der Waals surface area contributed by atoms with E-state index in [1.54, 1.807) is 0 Å². The normalized spacial score (nSPS) is 12.7. The summed E-state index contributed by atoms with van der Waals surface area (Å²) >= 11 is 3.99. The Kier molecular flexibility index (Phi) is 14.3. The lowest BCUT2D eigenvalue weighted by molar-refractivity contribution is -0.151. The number of hydrogen-bond acceptors (Lipinski definition) is 8. The van der Waals surface area contributed by atoms with Crippen molar-refractivity contribution in [3.63, 3.8) is 0 Å². The highest BCUT2D eigenvalue weighted by atomic mass is 32.1. The van der Waals surface area contributed by atoms with Gasteiger partial charge in [-0.3, -0.25) is 14.4 Å². The van der Waals surface area contributed by atoms with Gasteiger partial charge < -0.3 is 25.1 Å². The Hall–Kier alpha value is -2.21. The minimum absolute atomic E-state index is 0.0347. The van der Waals surface area contributed by atoms with Crippen LogP contribution in [0.1, 0.15) is 18.4 Å². The molecule has 1 rings (SSSR count). The molecule has 0 aromatic heterocycles. The highest BCUT2D eigenvalue weighted by Gasteiger charge is 2.30. The van der Waals surface area contributed by atoms with Crippen molar-refractivity contribution in [3.05, 3.63) is 35.9 Å². The monoisotopic (exact) mass is 464 g/mol. The van der Waals surface area contributed by atoms with E-state index in [0.717, 1.165) is 5.56 Å². The van der Waals surface area contributed by atoms with E-state index in [2.05, 4.69) is 23.2 Å². The molecule has 3 N–H and O–H groups in total. The van der Waals surface area contributed by atoms with Crippen LogP contribution in [-0.4, -0.2) is 81.3 Å². The maximum Gasteiger partial charge on any atom is 0.372 e. The Labute approximate surface area is 194 Å². The largest absolute Gasteiger partial charge is 0.475 e. The van der Waals surface area contributed by atoms with Crippen molar-refractivity contribution in [2.45, 2.75) is 25.3 Å². The van der Waals surface area contributed by atoms with Crippen molar-refractivity contribution >= 4 is 44.1 Å². The third kappa shape index (κ3) is 11.4. The van der Waals surface area contributed by atoms with Gasteiger partial charge in [-0.1, -0.05) is 30.3 Å². The van der Waals surface area contributed by atoms with Crippen molar-refractivity contribution in [2.24, 2.45) is 5.92 Å². The van der Waals surface area contributed by atoms with Gasteiger partial charge in [-0.2, -0.15) is 12.6 Å². The first-order valence-corrected chi connectivity index (χ1v) is 10.8. The molecule has 32 heavy (non-hydrogen) atoms. The van der Waals surface area contributed by atoms with Gasteiger partial charge in [0, 0.05) is 31.1 Å². The van der Waals surface area contributed by atoms with E-state index < -0.39 is 29.5 Å². The van der Waals surface area contributed by atoms with Crippen molar-refractivity contribution in [1.82, 2.24) is 10.5 Å². The molecule has 0 saturated heterocycles. The third-order valence-corrected chi connectivity index (χ3v) is 4.93. The number of ketones is 2. The van der Waals surface area contributed by atoms with Gasteiger partial charge in [-0.05, 0) is 12.0 Å². The summed E-state index contributed by atoms with van der Waals surface area (Å²) in [5.74, 6) is -4.65. The van der Waals surface area contributed by atoms with Crippen LogP contribution in [0.5, 0.6) is 0 Å². The molecule has 2 atom stereocenters. The number of carboxylic acid groups (broad SMARTS) is 1. The van der Waals surface area contributed by atoms with E-state index >= 15 is 0 Å². The molecule has 9 nitrogen and oxygen atoms in total. The number of carbonyl (C=O) groups excluding carboxylic acids is 3. The molecule has 0 fully saturated rings. The minimum Gasteiger partial charge on any atom is -0.475 e. The number of hydrogen-bond donors (Lipinski definition) is 4. The summed E-state index contributed by atoms with van der Waals surface area (Å²) in [5, 5.41) is 14.1. The van der Waals surface area contributed by atoms with E-state index in [4.69, 9.17) is 22.6 Å². The number of carbonyl (C=O) groups is 4. The number of ether oxygens (including phenoxy) is 2. The fourth-order valence-electron chi connectivity index (χ4n) is 2.78. The Morgan fingerprint density at radius 2 is 1.69 bits per heavy atom. The summed E-state index contributed by atoms with van der Waals surface area (Å²) in [5.41, 5.74) is 0.818. The number of carboxylic acids is 1. The summed E-state index contributed by atoms with van der Waals surface area (Å²) < 4.78 is 10.6. The SMILES string of the molecule is [B]NCCOCCOCCC(=O)NC(Cc1ccccc1)C(=O)CC(CS)C(=O)C(=O)O. The molecule has 0 saturated carbocycles. The number of benzene rings is 1. The van der Waals surface area contributed by atoms with E-state index in [1.165, 1.54) is 0 Å². The summed E-state index contributed by atoms with van der Waals surface area (Å²) in [6.45, 7) is 1.78. The van der Waals surface area contributed by atoms with Crippen molar-refractivity contribution in [3.8, 4) is 0 Å². The van der Waals surface area contributed by atoms with Crippen LogP contribution in [-0.2, 0) is 35.1 Å². The molecule has 1 aromatic rings. The Bertz CT molecular complexity index is 736. The maximum atomic E-state index is 12.8. The lowest BCUT2D eigenvalue weighted by Gasteiger charge is -2.20. The Morgan fingerprint density at radius 3 is 2.28 bits per heavy atom. The number of Topliss-reactive ketones (excluding diaryl/α,β-unsaturated/α-hetero) is 2. The molecule has 174 valence electrons. The quantitative estimate of drug-likeness (QED) is 0.103. The van der Waals surface area contributed by atoms with Gasteiger partial charge >= 0.3 is 5.97 Å². The topological polar surface area (TPSA) is 131 Å². The number of nitrogens with one attached hydrogen (secondary N) is 2. The molecule has 0 spiro atoms. The van der Waals surface area contributed by atoms with Gasteiger partial charge in [-0.15, -0.1) is 0 Å². The van der Waals surface area contributed by atoms with Crippen LogP contribution < -0.4 is 10.5 Å². The molecule has 2 radical (unpaired) electrons. The summed E-state index contributed by atoms with van der Waals surface area (Å²) in [7, 11) is 5.12. The van der Waals surface area contributed by atoms with Gasteiger partial charge in [0.2, 0.25) is 11.7 Å². The summed E-state index contributed by atoms with van der Waals surface area (Å²) in [4.78, 5) is 47.9. The molecule has 1 amide bonds. The Morgan fingerprint density at radius 1 is 1.03 bits per heavy atom. The highest BCUT2D eigenvalue weighted by Crippen LogP contribution is 2.13. The van der Waals surface area contributed by atoms with Crippen LogP contribution in [0.3, 0.4) is 0 Å². The van der Waals surface area contributed by atoms with Gasteiger partial charge in [-0.25, -0.2) is 4.79 Å². The first-order chi connectivity index (χ1) is 15.4. The molecule has 2 unspecified atom stereocenters. The number of amides is 1.